The standard InChI is InChI=1S/C21H40N4O3/c1-5-7-9-17(6-2)14-22-21(23-15-20(26)24(3)4)25-11-13-28-19(16-25)18-10-8-12-27-18/h17-19H,5-16H2,1-4H3,(H,22,23). The molecular weight excluding hydrogens is 356 g/mol. The molecule has 0 saturated carbocycles. The molecular formula is C21H40N4O3. The van der Waals surface area contributed by atoms with Crippen molar-refractivity contribution in [1.82, 2.24) is 15.1 Å². The first kappa shape index (κ1) is 22.9. The van der Waals surface area contributed by atoms with E-state index >= 15 is 0 Å². The maximum atomic E-state index is 12.1. The van der Waals surface area contributed by atoms with Gasteiger partial charge >= 0.3 is 0 Å². The highest BCUT2D eigenvalue weighted by atomic mass is 16.5. The monoisotopic (exact) mass is 396 g/mol. The number of aliphatic imine (C=N–C) groups is 1. The van der Waals surface area contributed by atoms with Crippen molar-refractivity contribution in [2.45, 2.75) is 64.6 Å². The van der Waals surface area contributed by atoms with Crippen LogP contribution in [0.4, 0.5) is 0 Å². The van der Waals surface area contributed by atoms with E-state index in [4.69, 9.17) is 9.47 Å². The summed E-state index contributed by atoms with van der Waals surface area (Å²) in [4.78, 5) is 20.6. The summed E-state index contributed by atoms with van der Waals surface area (Å²) >= 11 is 0. The lowest BCUT2D eigenvalue weighted by Crippen LogP contribution is -2.54. The third-order valence-corrected chi connectivity index (χ3v) is 5.73. The molecule has 1 amide bonds. The summed E-state index contributed by atoms with van der Waals surface area (Å²) in [6, 6.07) is 0. The van der Waals surface area contributed by atoms with E-state index in [0.717, 1.165) is 51.5 Å². The van der Waals surface area contributed by atoms with Gasteiger partial charge in [-0.15, -0.1) is 0 Å². The number of hydrogen-bond acceptors (Lipinski definition) is 4. The smallest absolute Gasteiger partial charge is 0.243 e. The first-order chi connectivity index (χ1) is 13.5. The van der Waals surface area contributed by atoms with Gasteiger partial charge in [0, 0.05) is 40.3 Å². The molecule has 162 valence electrons. The second-order valence-corrected chi connectivity index (χ2v) is 8.13. The third kappa shape index (κ3) is 7.24. The minimum atomic E-state index is 0.0151. The van der Waals surface area contributed by atoms with E-state index in [1.54, 1.807) is 19.0 Å². The van der Waals surface area contributed by atoms with Crippen LogP contribution in [-0.2, 0) is 14.3 Å². The Morgan fingerprint density at radius 1 is 1.25 bits per heavy atom. The highest BCUT2D eigenvalue weighted by Gasteiger charge is 2.32. The van der Waals surface area contributed by atoms with Crippen molar-refractivity contribution in [3.05, 3.63) is 0 Å². The van der Waals surface area contributed by atoms with Crippen molar-refractivity contribution in [2.24, 2.45) is 10.9 Å². The number of rotatable bonds is 9. The second kappa shape index (κ2) is 12.3. The number of morpholine rings is 1. The van der Waals surface area contributed by atoms with Gasteiger partial charge in [-0.05, 0) is 25.2 Å². The molecule has 2 saturated heterocycles. The highest BCUT2D eigenvalue weighted by Crippen LogP contribution is 2.21. The van der Waals surface area contributed by atoms with Gasteiger partial charge in [0.15, 0.2) is 5.96 Å². The van der Waals surface area contributed by atoms with Gasteiger partial charge in [-0.25, -0.2) is 4.99 Å². The van der Waals surface area contributed by atoms with Crippen LogP contribution in [0.5, 0.6) is 0 Å². The van der Waals surface area contributed by atoms with Gasteiger partial charge in [0.2, 0.25) is 5.91 Å². The molecule has 0 aromatic heterocycles. The largest absolute Gasteiger partial charge is 0.375 e. The molecule has 2 aliphatic rings. The molecule has 0 aromatic rings. The molecule has 7 heteroatoms. The van der Waals surface area contributed by atoms with E-state index < -0.39 is 0 Å². The fourth-order valence-corrected chi connectivity index (χ4v) is 3.72. The molecule has 2 aliphatic heterocycles. The first-order valence-corrected chi connectivity index (χ1v) is 11.0. The Kier molecular flexibility index (Phi) is 10.1. The van der Waals surface area contributed by atoms with Crippen LogP contribution in [0.2, 0.25) is 0 Å². The van der Waals surface area contributed by atoms with Gasteiger partial charge in [-0.3, -0.25) is 4.79 Å². The molecule has 3 unspecified atom stereocenters. The molecule has 28 heavy (non-hydrogen) atoms. The molecule has 0 aromatic carbocycles. The predicted octanol–water partition coefficient (Wildman–Crippen LogP) is 2.12. The molecule has 0 aliphatic carbocycles. The molecule has 0 spiro atoms. The van der Waals surface area contributed by atoms with Crippen LogP contribution in [0, 0.1) is 5.92 Å². The topological polar surface area (TPSA) is 66.4 Å². The Balaban J connectivity index is 2.01. The van der Waals surface area contributed by atoms with Crippen molar-refractivity contribution < 1.29 is 14.3 Å². The quantitative estimate of drug-likeness (QED) is 0.478. The number of carbonyl (C=O) groups excluding carboxylic acids is 1. The van der Waals surface area contributed by atoms with E-state index in [9.17, 15) is 4.79 Å². The number of amides is 1. The van der Waals surface area contributed by atoms with Gasteiger partial charge in [0.1, 0.15) is 12.6 Å². The predicted molar refractivity (Wildman–Crippen MR) is 113 cm³/mol. The van der Waals surface area contributed by atoms with Crippen molar-refractivity contribution in [1.29, 1.82) is 0 Å². The van der Waals surface area contributed by atoms with Gasteiger partial charge in [-0.2, -0.15) is 0 Å². The average molecular weight is 397 g/mol. The zero-order valence-electron chi connectivity index (χ0n) is 18.3. The third-order valence-electron chi connectivity index (χ3n) is 5.73. The van der Waals surface area contributed by atoms with Crippen LogP contribution in [0.15, 0.2) is 4.99 Å². The zero-order valence-corrected chi connectivity index (χ0v) is 18.3. The summed E-state index contributed by atoms with van der Waals surface area (Å²) in [6.45, 7) is 8.60. The minimum Gasteiger partial charge on any atom is -0.375 e. The first-order valence-electron chi connectivity index (χ1n) is 11.0. The fourth-order valence-electron chi connectivity index (χ4n) is 3.72. The van der Waals surface area contributed by atoms with E-state index in [-0.39, 0.29) is 24.7 Å². The number of likely N-dealkylation sites (N-methyl/N-ethyl adjacent to an activating group) is 1. The number of unbranched alkanes of at least 4 members (excludes halogenated alkanes) is 1. The van der Waals surface area contributed by atoms with Gasteiger partial charge in [0.05, 0.1) is 12.7 Å². The molecule has 0 radical (unpaired) electrons. The lowest BCUT2D eigenvalue weighted by molar-refractivity contribution is -0.127. The summed E-state index contributed by atoms with van der Waals surface area (Å²) in [5.41, 5.74) is 0. The summed E-state index contributed by atoms with van der Waals surface area (Å²) in [5.74, 6) is 1.47. The molecule has 0 bridgehead atoms. The normalized spacial score (nSPS) is 24.3. The number of ether oxygens (including phenoxy) is 2. The Morgan fingerprint density at radius 2 is 2.04 bits per heavy atom. The van der Waals surface area contributed by atoms with Crippen molar-refractivity contribution in [2.75, 3.05) is 53.5 Å². The fraction of sp³-hybridized carbons (Fsp3) is 0.905. The van der Waals surface area contributed by atoms with Crippen molar-refractivity contribution in [3.63, 3.8) is 0 Å². The van der Waals surface area contributed by atoms with Gasteiger partial charge < -0.3 is 24.6 Å². The van der Waals surface area contributed by atoms with Gasteiger partial charge in [-0.1, -0.05) is 33.1 Å². The van der Waals surface area contributed by atoms with Crippen LogP contribution in [0.1, 0.15) is 52.4 Å². The molecule has 2 rings (SSSR count). The molecule has 2 fully saturated rings. The Morgan fingerprint density at radius 3 is 2.68 bits per heavy atom. The summed E-state index contributed by atoms with van der Waals surface area (Å²) in [7, 11) is 3.54. The van der Waals surface area contributed by atoms with E-state index in [0.29, 0.717) is 12.5 Å². The Labute approximate surface area is 170 Å². The number of nitrogens with one attached hydrogen (secondary N) is 1. The lowest BCUT2D eigenvalue weighted by Gasteiger charge is -2.37. The SMILES string of the molecule is CCCCC(CC)CNC(=NCC(=O)N(C)C)N1CCOC(C2CCCO2)C1. The maximum absolute atomic E-state index is 12.1. The number of nitrogens with zero attached hydrogens (tertiary/aromatic N) is 3. The lowest BCUT2D eigenvalue weighted by atomic mass is 9.99. The summed E-state index contributed by atoms with van der Waals surface area (Å²) in [5, 5.41) is 3.56. The maximum Gasteiger partial charge on any atom is 0.243 e. The average Bonchev–Trinajstić information content (AvgIpc) is 3.25. The second-order valence-electron chi connectivity index (χ2n) is 8.13. The Bertz CT molecular complexity index is 492. The number of guanidine groups is 1. The molecule has 2 heterocycles. The summed E-state index contributed by atoms with van der Waals surface area (Å²) in [6.07, 6.45) is 7.29. The van der Waals surface area contributed by atoms with Crippen LogP contribution in [-0.4, -0.2) is 87.4 Å². The van der Waals surface area contributed by atoms with E-state index in [1.165, 1.54) is 19.3 Å². The molecule has 3 atom stereocenters. The number of hydrogen-bond donors (Lipinski definition) is 1. The van der Waals surface area contributed by atoms with Gasteiger partial charge in [0.25, 0.3) is 0 Å². The van der Waals surface area contributed by atoms with Crippen LogP contribution >= 0.6 is 0 Å². The van der Waals surface area contributed by atoms with Crippen LogP contribution in [0.3, 0.4) is 0 Å². The molecule has 7 nitrogen and oxygen atoms in total. The van der Waals surface area contributed by atoms with Crippen LogP contribution < -0.4 is 5.32 Å². The van der Waals surface area contributed by atoms with E-state index in [2.05, 4.69) is 29.1 Å². The Hall–Kier alpha value is -1.34. The van der Waals surface area contributed by atoms with Crippen molar-refractivity contribution in [3.8, 4) is 0 Å². The highest BCUT2D eigenvalue weighted by molar-refractivity contribution is 5.85. The van der Waals surface area contributed by atoms with Crippen LogP contribution in [0.25, 0.3) is 0 Å². The minimum absolute atomic E-state index is 0.0151. The summed E-state index contributed by atoms with van der Waals surface area (Å²) < 4.78 is 11.8. The van der Waals surface area contributed by atoms with E-state index in [1.807, 2.05) is 0 Å². The zero-order chi connectivity index (χ0) is 20.4. The number of carbonyl (C=O) groups is 1. The van der Waals surface area contributed by atoms with Crippen molar-refractivity contribution >= 4 is 11.9 Å². The molecule has 1 N–H and O–H groups in total.